The molecule has 2 amide bonds. The van der Waals surface area contributed by atoms with Gasteiger partial charge < -0.3 is 10.6 Å². The van der Waals surface area contributed by atoms with Crippen LogP contribution >= 0.6 is 11.3 Å². The zero-order valence-electron chi connectivity index (χ0n) is 14.3. The molecular formula is C20H16FN3O2S. The van der Waals surface area contributed by atoms with Gasteiger partial charge in [0.25, 0.3) is 11.8 Å². The number of carbonyl (C=O) groups is 2. The Labute approximate surface area is 159 Å². The zero-order chi connectivity index (χ0) is 18.8. The van der Waals surface area contributed by atoms with E-state index in [-0.39, 0.29) is 11.5 Å². The van der Waals surface area contributed by atoms with Crippen LogP contribution in [0.15, 0.2) is 48.7 Å². The number of nitrogens with one attached hydrogen (secondary N) is 2. The van der Waals surface area contributed by atoms with Gasteiger partial charge in [0.2, 0.25) is 0 Å². The van der Waals surface area contributed by atoms with Crippen LogP contribution in [0.4, 0.5) is 15.2 Å². The fraction of sp³-hybridized carbons (Fsp3) is 0.150. The number of thiophene rings is 1. The van der Waals surface area contributed by atoms with E-state index < -0.39 is 11.7 Å². The van der Waals surface area contributed by atoms with Gasteiger partial charge >= 0.3 is 0 Å². The molecule has 0 saturated carbocycles. The lowest BCUT2D eigenvalue weighted by Crippen LogP contribution is -2.19. The van der Waals surface area contributed by atoms with Crippen molar-refractivity contribution in [3.05, 3.63) is 76.0 Å². The van der Waals surface area contributed by atoms with Gasteiger partial charge in [0.15, 0.2) is 0 Å². The number of hydrogen-bond acceptors (Lipinski definition) is 4. The molecule has 5 nitrogen and oxygen atoms in total. The van der Waals surface area contributed by atoms with E-state index >= 15 is 0 Å². The molecule has 0 fully saturated rings. The highest BCUT2D eigenvalue weighted by Gasteiger charge is 2.28. The van der Waals surface area contributed by atoms with E-state index in [9.17, 15) is 14.0 Å². The quantitative estimate of drug-likeness (QED) is 0.709. The number of anilines is 2. The molecule has 1 aliphatic carbocycles. The number of halogens is 1. The fourth-order valence-corrected chi connectivity index (χ4v) is 4.45. The van der Waals surface area contributed by atoms with Crippen molar-refractivity contribution < 1.29 is 14.0 Å². The lowest BCUT2D eigenvalue weighted by molar-refractivity contribution is 0.102. The average molecular weight is 381 g/mol. The number of nitrogens with zero attached hydrogens (tertiary/aromatic N) is 1. The number of amides is 2. The Balaban J connectivity index is 1.65. The largest absolute Gasteiger partial charge is 0.313 e. The predicted molar refractivity (Wildman–Crippen MR) is 103 cm³/mol. The second-order valence-corrected chi connectivity index (χ2v) is 7.27. The minimum atomic E-state index is -0.599. The SMILES string of the molecule is O=C(Nc1sc2c(c1C(=O)Nc1ccccn1)CCC2)c1ccccc1F. The summed E-state index contributed by atoms with van der Waals surface area (Å²) in [7, 11) is 0. The Bertz CT molecular complexity index is 1020. The zero-order valence-corrected chi connectivity index (χ0v) is 15.1. The van der Waals surface area contributed by atoms with Crippen molar-refractivity contribution in [3.63, 3.8) is 0 Å². The first-order valence-electron chi connectivity index (χ1n) is 8.56. The van der Waals surface area contributed by atoms with Gasteiger partial charge in [-0.2, -0.15) is 0 Å². The van der Waals surface area contributed by atoms with E-state index in [0.29, 0.717) is 16.4 Å². The summed E-state index contributed by atoms with van der Waals surface area (Å²) in [5.74, 6) is -1.05. The third-order valence-corrected chi connectivity index (χ3v) is 5.61. The first kappa shape index (κ1) is 17.4. The maximum absolute atomic E-state index is 13.9. The number of aryl methyl sites for hydroxylation is 1. The van der Waals surface area contributed by atoms with Crippen molar-refractivity contribution in [2.75, 3.05) is 10.6 Å². The Kier molecular flexibility index (Phi) is 4.68. The molecule has 2 N–H and O–H groups in total. The Hall–Kier alpha value is -3.06. The van der Waals surface area contributed by atoms with Crippen LogP contribution < -0.4 is 10.6 Å². The third-order valence-electron chi connectivity index (χ3n) is 4.40. The maximum atomic E-state index is 13.9. The Morgan fingerprint density at radius 3 is 2.59 bits per heavy atom. The molecule has 0 spiro atoms. The standard InChI is InChI=1S/C20H16FN3O2S/c21-14-8-2-1-6-12(14)18(25)24-20-17(13-7-5-9-15(13)27-20)19(26)23-16-10-3-4-11-22-16/h1-4,6,8,10-11H,5,7,9H2,(H,24,25)(H,22,23,26). The van der Waals surface area contributed by atoms with Gasteiger partial charge in [0, 0.05) is 11.1 Å². The summed E-state index contributed by atoms with van der Waals surface area (Å²) in [4.78, 5) is 30.6. The van der Waals surface area contributed by atoms with Crippen LogP contribution in [0, 0.1) is 5.82 Å². The summed E-state index contributed by atoms with van der Waals surface area (Å²) in [5.41, 5.74) is 1.35. The molecule has 1 aromatic carbocycles. The Morgan fingerprint density at radius 1 is 1.00 bits per heavy atom. The lowest BCUT2D eigenvalue weighted by Gasteiger charge is -2.09. The van der Waals surface area contributed by atoms with Crippen LogP contribution in [0.5, 0.6) is 0 Å². The molecule has 2 aromatic heterocycles. The molecule has 3 aromatic rings. The molecule has 136 valence electrons. The van der Waals surface area contributed by atoms with Crippen LogP contribution in [-0.4, -0.2) is 16.8 Å². The number of benzene rings is 1. The van der Waals surface area contributed by atoms with Gasteiger partial charge in [-0.15, -0.1) is 11.3 Å². The molecule has 4 rings (SSSR count). The first-order valence-corrected chi connectivity index (χ1v) is 9.38. The second kappa shape index (κ2) is 7.28. The highest BCUT2D eigenvalue weighted by Crippen LogP contribution is 2.39. The van der Waals surface area contributed by atoms with Crippen LogP contribution in [0.25, 0.3) is 0 Å². The van der Waals surface area contributed by atoms with Crippen molar-refractivity contribution in [1.82, 2.24) is 4.98 Å². The predicted octanol–water partition coefficient (Wildman–Crippen LogP) is 4.28. The number of hydrogen-bond donors (Lipinski definition) is 2. The minimum Gasteiger partial charge on any atom is -0.313 e. The average Bonchev–Trinajstić information content (AvgIpc) is 3.23. The minimum absolute atomic E-state index is 0.0536. The van der Waals surface area contributed by atoms with Crippen molar-refractivity contribution in [3.8, 4) is 0 Å². The van der Waals surface area contributed by atoms with E-state index in [0.717, 1.165) is 29.7 Å². The van der Waals surface area contributed by atoms with Gasteiger partial charge in [-0.1, -0.05) is 18.2 Å². The van der Waals surface area contributed by atoms with Crippen molar-refractivity contribution in [2.45, 2.75) is 19.3 Å². The van der Waals surface area contributed by atoms with E-state index in [1.54, 1.807) is 30.5 Å². The van der Waals surface area contributed by atoms with Crippen LogP contribution in [0.3, 0.4) is 0 Å². The molecule has 27 heavy (non-hydrogen) atoms. The van der Waals surface area contributed by atoms with E-state index in [1.165, 1.54) is 29.5 Å². The van der Waals surface area contributed by atoms with Crippen molar-refractivity contribution in [2.24, 2.45) is 0 Å². The van der Waals surface area contributed by atoms with Crippen LogP contribution in [-0.2, 0) is 12.8 Å². The third kappa shape index (κ3) is 3.46. The molecule has 2 heterocycles. The number of carbonyl (C=O) groups excluding carboxylic acids is 2. The fourth-order valence-electron chi connectivity index (χ4n) is 3.16. The number of rotatable bonds is 4. The summed E-state index contributed by atoms with van der Waals surface area (Å²) in [6.45, 7) is 0. The molecular weight excluding hydrogens is 365 g/mol. The van der Waals surface area contributed by atoms with Gasteiger partial charge in [0.05, 0.1) is 11.1 Å². The molecule has 0 bridgehead atoms. The molecule has 0 unspecified atom stereocenters. The van der Waals surface area contributed by atoms with Crippen LogP contribution in [0.2, 0.25) is 0 Å². The molecule has 0 aliphatic heterocycles. The second-order valence-electron chi connectivity index (χ2n) is 6.16. The highest BCUT2D eigenvalue weighted by molar-refractivity contribution is 7.17. The van der Waals surface area contributed by atoms with Gasteiger partial charge in [-0.05, 0) is 49.1 Å². The summed E-state index contributed by atoms with van der Waals surface area (Å²) < 4.78 is 13.9. The summed E-state index contributed by atoms with van der Waals surface area (Å²) in [5, 5.41) is 5.94. The molecule has 7 heteroatoms. The van der Waals surface area contributed by atoms with Crippen LogP contribution in [0.1, 0.15) is 37.6 Å². The summed E-state index contributed by atoms with van der Waals surface area (Å²) >= 11 is 1.38. The van der Waals surface area contributed by atoms with Gasteiger partial charge in [-0.25, -0.2) is 9.37 Å². The monoisotopic (exact) mass is 381 g/mol. The first-order chi connectivity index (χ1) is 13.1. The Morgan fingerprint density at radius 2 is 1.81 bits per heavy atom. The number of aromatic nitrogens is 1. The number of pyridine rings is 1. The highest BCUT2D eigenvalue weighted by atomic mass is 32.1. The summed E-state index contributed by atoms with van der Waals surface area (Å²) in [6, 6.07) is 11.0. The van der Waals surface area contributed by atoms with E-state index in [4.69, 9.17) is 0 Å². The topological polar surface area (TPSA) is 71.1 Å². The molecule has 0 radical (unpaired) electrons. The smallest absolute Gasteiger partial charge is 0.260 e. The molecule has 0 atom stereocenters. The summed E-state index contributed by atoms with van der Waals surface area (Å²) in [6.07, 6.45) is 4.23. The normalized spacial score (nSPS) is 12.5. The lowest BCUT2D eigenvalue weighted by atomic mass is 10.1. The van der Waals surface area contributed by atoms with Gasteiger partial charge in [0.1, 0.15) is 16.6 Å². The van der Waals surface area contributed by atoms with E-state index in [2.05, 4.69) is 15.6 Å². The molecule has 0 saturated heterocycles. The van der Waals surface area contributed by atoms with Crippen molar-refractivity contribution >= 4 is 34.0 Å². The number of fused-ring (bicyclic) bond motifs is 1. The molecule has 1 aliphatic rings. The van der Waals surface area contributed by atoms with E-state index in [1.807, 2.05) is 0 Å². The maximum Gasteiger partial charge on any atom is 0.260 e. The van der Waals surface area contributed by atoms with Gasteiger partial charge in [-0.3, -0.25) is 9.59 Å². The van der Waals surface area contributed by atoms with Crippen molar-refractivity contribution in [1.29, 1.82) is 0 Å².